The number of nitrogens with zero attached hydrogens (tertiary/aromatic N) is 3. The highest BCUT2D eigenvalue weighted by Crippen LogP contribution is 2.21. The van der Waals surface area contributed by atoms with Gasteiger partial charge in [0.1, 0.15) is 5.01 Å². The molecule has 1 saturated heterocycles. The zero-order chi connectivity index (χ0) is 21.6. The summed E-state index contributed by atoms with van der Waals surface area (Å²) in [5.74, 6) is 0.716. The van der Waals surface area contributed by atoms with Gasteiger partial charge in [-0.05, 0) is 51.3 Å². The molecule has 2 aromatic rings. The van der Waals surface area contributed by atoms with Crippen LogP contribution in [0.2, 0.25) is 0 Å². The molecule has 164 valence electrons. The summed E-state index contributed by atoms with van der Waals surface area (Å²) in [7, 11) is -3.39. The molecule has 1 aromatic heterocycles. The number of aliphatic imine (C=N–C) groups is 1. The molecule has 30 heavy (non-hydrogen) atoms. The molecule has 0 amide bonds. The van der Waals surface area contributed by atoms with Crippen molar-refractivity contribution in [2.75, 3.05) is 19.6 Å². The molecular formula is C21H31N5O2S2. The lowest BCUT2D eigenvalue weighted by atomic mass is 10.2. The summed E-state index contributed by atoms with van der Waals surface area (Å²) in [6.45, 7) is 9.20. The highest BCUT2D eigenvalue weighted by molar-refractivity contribution is 7.89. The van der Waals surface area contributed by atoms with Gasteiger partial charge in [0.15, 0.2) is 5.96 Å². The van der Waals surface area contributed by atoms with Crippen molar-refractivity contribution < 1.29 is 8.42 Å². The van der Waals surface area contributed by atoms with E-state index in [-0.39, 0.29) is 0 Å². The van der Waals surface area contributed by atoms with Crippen molar-refractivity contribution >= 4 is 27.3 Å². The van der Waals surface area contributed by atoms with Gasteiger partial charge >= 0.3 is 0 Å². The molecule has 2 N–H and O–H groups in total. The Labute approximate surface area is 183 Å². The van der Waals surface area contributed by atoms with E-state index in [1.807, 2.05) is 26.0 Å². The zero-order valence-electron chi connectivity index (χ0n) is 17.9. The molecule has 7 nitrogen and oxygen atoms in total. The van der Waals surface area contributed by atoms with E-state index in [0.29, 0.717) is 37.0 Å². The average molecular weight is 450 g/mol. The molecule has 2 heterocycles. The largest absolute Gasteiger partial charge is 0.357 e. The Balaban J connectivity index is 1.62. The number of hydrogen-bond donors (Lipinski definition) is 2. The normalized spacial score (nSPS) is 15.9. The number of aromatic nitrogens is 1. The SMILES string of the molecule is CCNC(=NCc1ccc(S(=O)(=O)N2CCCCC2)cc1)NCc1nc(C)c(C)s1. The molecule has 1 aliphatic rings. The third-order valence-corrected chi connectivity index (χ3v) is 8.11. The third kappa shape index (κ3) is 5.80. The molecule has 9 heteroatoms. The number of piperidine rings is 1. The predicted octanol–water partition coefficient (Wildman–Crippen LogP) is 3.19. The van der Waals surface area contributed by atoms with E-state index >= 15 is 0 Å². The second kappa shape index (κ2) is 10.4. The lowest BCUT2D eigenvalue weighted by molar-refractivity contribution is 0.346. The van der Waals surface area contributed by atoms with Crippen LogP contribution in [0.1, 0.15) is 47.3 Å². The van der Waals surface area contributed by atoms with Crippen molar-refractivity contribution in [3.05, 3.63) is 45.4 Å². The fraction of sp³-hybridized carbons (Fsp3) is 0.524. The number of rotatable bonds is 7. The van der Waals surface area contributed by atoms with Gasteiger partial charge in [-0.3, -0.25) is 0 Å². The lowest BCUT2D eigenvalue weighted by Crippen LogP contribution is -2.36. The van der Waals surface area contributed by atoms with E-state index in [2.05, 4.69) is 27.5 Å². The Kier molecular flexibility index (Phi) is 7.85. The molecule has 1 aromatic carbocycles. The van der Waals surface area contributed by atoms with E-state index in [1.54, 1.807) is 27.8 Å². The van der Waals surface area contributed by atoms with E-state index in [0.717, 1.165) is 42.1 Å². The minimum Gasteiger partial charge on any atom is -0.357 e. The van der Waals surface area contributed by atoms with Crippen LogP contribution in [0.25, 0.3) is 0 Å². The van der Waals surface area contributed by atoms with Gasteiger partial charge in [0, 0.05) is 24.5 Å². The van der Waals surface area contributed by atoms with Crippen molar-refractivity contribution in [2.24, 2.45) is 4.99 Å². The van der Waals surface area contributed by atoms with Gasteiger partial charge in [0.05, 0.1) is 23.7 Å². The fourth-order valence-corrected chi connectivity index (χ4v) is 5.70. The molecular weight excluding hydrogens is 418 g/mol. The minimum absolute atomic E-state index is 0.358. The second-order valence-electron chi connectivity index (χ2n) is 7.41. The van der Waals surface area contributed by atoms with Crippen molar-refractivity contribution in [2.45, 2.75) is 58.0 Å². The Bertz CT molecular complexity index is 942. The molecule has 1 aliphatic heterocycles. The standard InChI is InChI=1S/C21H31N5O2S2/c1-4-22-21(24-15-20-25-16(2)17(3)29-20)23-14-18-8-10-19(11-9-18)30(27,28)26-12-6-5-7-13-26/h8-11H,4-7,12-15H2,1-3H3,(H2,22,23,24). The van der Waals surface area contributed by atoms with Crippen LogP contribution in [0, 0.1) is 13.8 Å². The summed E-state index contributed by atoms with van der Waals surface area (Å²) >= 11 is 1.69. The Hall–Kier alpha value is -1.97. The van der Waals surface area contributed by atoms with Crippen LogP contribution in [-0.2, 0) is 23.1 Å². The topological polar surface area (TPSA) is 86.7 Å². The third-order valence-electron chi connectivity index (χ3n) is 5.12. The maximum Gasteiger partial charge on any atom is 0.243 e. The number of aryl methyl sites for hydroxylation is 2. The summed E-state index contributed by atoms with van der Waals surface area (Å²) in [4.78, 5) is 10.8. The Morgan fingerprint density at radius 1 is 1.13 bits per heavy atom. The first-order chi connectivity index (χ1) is 14.4. The smallest absolute Gasteiger partial charge is 0.243 e. The molecule has 0 unspecified atom stereocenters. The fourth-order valence-electron chi connectivity index (χ4n) is 3.31. The number of guanidine groups is 1. The second-order valence-corrected chi connectivity index (χ2v) is 10.6. The number of thiazole rings is 1. The molecule has 0 aliphatic carbocycles. The summed E-state index contributed by atoms with van der Waals surface area (Å²) < 4.78 is 27.1. The van der Waals surface area contributed by atoms with Crippen molar-refractivity contribution in [1.29, 1.82) is 0 Å². The van der Waals surface area contributed by atoms with Gasteiger partial charge in [-0.1, -0.05) is 18.6 Å². The molecule has 0 atom stereocenters. The van der Waals surface area contributed by atoms with Crippen LogP contribution < -0.4 is 10.6 Å². The van der Waals surface area contributed by atoms with Gasteiger partial charge in [-0.2, -0.15) is 4.31 Å². The first-order valence-electron chi connectivity index (χ1n) is 10.4. The molecule has 0 saturated carbocycles. The van der Waals surface area contributed by atoms with E-state index < -0.39 is 10.0 Å². The Morgan fingerprint density at radius 3 is 2.43 bits per heavy atom. The first kappa shape index (κ1) is 22.7. The van der Waals surface area contributed by atoms with E-state index in [4.69, 9.17) is 0 Å². The molecule has 0 bridgehead atoms. The number of nitrogens with one attached hydrogen (secondary N) is 2. The van der Waals surface area contributed by atoms with Gasteiger partial charge in [-0.25, -0.2) is 18.4 Å². The van der Waals surface area contributed by atoms with Crippen molar-refractivity contribution in [1.82, 2.24) is 19.9 Å². The van der Waals surface area contributed by atoms with Crippen LogP contribution in [0.15, 0.2) is 34.2 Å². The lowest BCUT2D eigenvalue weighted by Gasteiger charge is -2.25. The highest BCUT2D eigenvalue weighted by atomic mass is 32.2. The van der Waals surface area contributed by atoms with Crippen LogP contribution in [0.4, 0.5) is 0 Å². The van der Waals surface area contributed by atoms with Gasteiger partial charge in [0.2, 0.25) is 10.0 Å². The van der Waals surface area contributed by atoms with Crippen LogP contribution in [0.5, 0.6) is 0 Å². The Morgan fingerprint density at radius 2 is 1.83 bits per heavy atom. The van der Waals surface area contributed by atoms with Crippen LogP contribution in [-0.4, -0.2) is 43.3 Å². The summed E-state index contributed by atoms with van der Waals surface area (Å²) in [5.41, 5.74) is 2.03. The van der Waals surface area contributed by atoms with Gasteiger partial charge in [-0.15, -0.1) is 11.3 Å². The average Bonchev–Trinajstić information content (AvgIpc) is 3.08. The van der Waals surface area contributed by atoms with Crippen molar-refractivity contribution in [3.8, 4) is 0 Å². The first-order valence-corrected chi connectivity index (χ1v) is 12.7. The highest BCUT2D eigenvalue weighted by Gasteiger charge is 2.25. The zero-order valence-corrected chi connectivity index (χ0v) is 19.6. The molecule has 1 fully saturated rings. The quantitative estimate of drug-likeness (QED) is 0.501. The maximum absolute atomic E-state index is 12.8. The number of hydrogen-bond acceptors (Lipinski definition) is 5. The maximum atomic E-state index is 12.8. The number of sulfonamides is 1. The summed E-state index contributed by atoms with van der Waals surface area (Å²) in [5, 5.41) is 7.58. The van der Waals surface area contributed by atoms with Gasteiger partial charge < -0.3 is 10.6 Å². The minimum atomic E-state index is -3.39. The molecule has 0 radical (unpaired) electrons. The van der Waals surface area contributed by atoms with Gasteiger partial charge in [0.25, 0.3) is 0 Å². The summed E-state index contributed by atoms with van der Waals surface area (Å²) in [6, 6.07) is 7.07. The van der Waals surface area contributed by atoms with Crippen LogP contribution >= 0.6 is 11.3 Å². The molecule has 3 rings (SSSR count). The molecule has 0 spiro atoms. The van der Waals surface area contributed by atoms with E-state index in [9.17, 15) is 8.42 Å². The predicted molar refractivity (Wildman–Crippen MR) is 122 cm³/mol. The summed E-state index contributed by atoms with van der Waals surface area (Å²) in [6.07, 6.45) is 2.98. The van der Waals surface area contributed by atoms with Crippen LogP contribution in [0.3, 0.4) is 0 Å². The number of benzene rings is 1. The monoisotopic (exact) mass is 449 g/mol. The van der Waals surface area contributed by atoms with Crippen molar-refractivity contribution in [3.63, 3.8) is 0 Å². The van der Waals surface area contributed by atoms with E-state index in [1.165, 1.54) is 4.88 Å².